The maximum Gasteiger partial charge on any atom is 0.338 e. The highest BCUT2D eigenvalue weighted by atomic mass is 16.6. The van der Waals surface area contributed by atoms with Crippen LogP contribution in [-0.2, 0) is 41.8 Å². The second-order valence-electron chi connectivity index (χ2n) is 18.5. The summed E-state index contributed by atoms with van der Waals surface area (Å²) in [7, 11) is 0. The average Bonchev–Trinajstić information content (AvgIpc) is 3.29. The van der Waals surface area contributed by atoms with E-state index in [4.69, 9.17) is 28.4 Å². The van der Waals surface area contributed by atoms with E-state index < -0.39 is 24.1 Å². The van der Waals surface area contributed by atoms with Crippen molar-refractivity contribution in [2.24, 2.45) is 23.7 Å². The Morgan fingerprint density at radius 1 is 0.435 bits per heavy atom. The molecule has 0 heterocycles. The highest BCUT2D eigenvalue weighted by molar-refractivity contribution is 5.85. The number of ether oxygens (including phenoxy) is 6. The molecule has 350 valence electrons. The summed E-state index contributed by atoms with van der Waals surface area (Å²) in [5.41, 5.74) is 1.69. The smallest absolute Gasteiger partial charge is 0.338 e. The standard InChI is InChI=1S/C54H86O8/c1-5-9-13-17-43-21-25-45(26-22-43)19-15-39-57-49-33-29-47(30-34-49)41-61-51(53(55)59-37-11-7-3)52(54(56)60-38-12-8-4)62-42-48-31-35-50(36-32-48)58-40-16-20-46-27-23-44(24-28-46)18-14-10-6-2/h29-36,43-46,51-52H,5-28,37-42H2,1-4H3/t43?,44?,45?,46?,51-,52-/m1/s1. The van der Waals surface area contributed by atoms with Crippen molar-refractivity contribution in [2.45, 2.75) is 207 Å². The van der Waals surface area contributed by atoms with Gasteiger partial charge >= 0.3 is 11.9 Å². The van der Waals surface area contributed by atoms with E-state index in [0.29, 0.717) is 26.1 Å². The van der Waals surface area contributed by atoms with Crippen LogP contribution in [0.1, 0.15) is 193 Å². The predicted molar refractivity (Wildman–Crippen MR) is 250 cm³/mol. The van der Waals surface area contributed by atoms with Crippen LogP contribution >= 0.6 is 0 Å². The summed E-state index contributed by atoms with van der Waals surface area (Å²) in [5.74, 6) is 3.90. The maximum absolute atomic E-state index is 13.6. The zero-order chi connectivity index (χ0) is 44.0. The Bertz CT molecular complexity index is 1320. The molecule has 62 heavy (non-hydrogen) atoms. The monoisotopic (exact) mass is 863 g/mol. The molecule has 0 amide bonds. The Kier molecular flexibility index (Phi) is 26.3. The summed E-state index contributed by atoms with van der Waals surface area (Å²) in [6, 6.07) is 15.5. The van der Waals surface area contributed by atoms with Crippen LogP contribution in [0.25, 0.3) is 0 Å². The van der Waals surface area contributed by atoms with Crippen molar-refractivity contribution in [2.75, 3.05) is 26.4 Å². The molecule has 2 atom stereocenters. The zero-order valence-electron chi connectivity index (χ0n) is 39.6. The Balaban J connectivity index is 1.25. The molecule has 0 radical (unpaired) electrons. The van der Waals surface area contributed by atoms with E-state index in [1.165, 1.54) is 116 Å². The lowest BCUT2D eigenvalue weighted by Gasteiger charge is -2.28. The molecule has 8 nitrogen and oxygen atoms in total. The van der Waals surface area contributed by atoms with E-state index in [1.807, 2.05) is 62.4 Å². The molecule has 0 aliphatic heterocycles. The van der Waals surface area contributed by atoms with Gasteiger partial charge in [-0.3, -0.25) is 0 Å². The number of hydrogen-bond acceptors (Lipinski definition) is 8. The fraction of sp³-hybridized carbons (Fsp3) is 0.741. The fourth-order valence-corrected chi connectivity index (χ4v) is 9.20. The van der Waals surface area contributed by atoms with Crippen molar-refractivity contribution < 1.29 is 38.0 Å². The molecule has 0 spiro atoms. The highest BCUT2D eigenvalue weighted by Gasteiger charge is 2.38. The minimum atomic E-state index is -1.30. The predicted octanol–water partition coefficient (Wildman–Crippen LogP) is 13.9. The normalized spacial score (nSPS) is 20.0. The Morgan fingerprint density at radius 2 is 0.758 bits per heavy atom. The molecule has 2 aliphatic carbocycles. The molecule has 0 bridgehead atoms. The van der Waals surface area contributed by atoms with E-state index in [9.17, 15) is 9.59 Å². The summed E-state index contributed by atoms with van der Waals surface area (Å²) in [4.78, 5) is 27.1. The van der Waals surface area contributed by atoms with Gasteiger partial charge in [-0.2, -0.15) is 0 Å². The van der Waals surface area contributed by atoms with Gasteiger partial charge in [0.1, 0.15) is 11.5 Å². The van der Waals surface area contributed by atoms with Gasteiger partial charge in [-0.25, -0.2) is 9.59 Å². The second-order valence-corrected chi connectivity index (χ2v) is 18.5. The van der Waals surface area contributed by atoms with Gasteiger partial charge < -0.3 is 28.4 Å². The van der Waals surface area contributed by atoms with Crippen LogP contribution in [0.15, 0.2) is 48.5 Å². The molecule has 2 aliphatic rings. The average molecular weight is 863 g/mol. The van der Waals surface area contributed by atoms with Crippen LogP contribution in [0, 0.1) is 23.7 Å². The summed E-state index contributed by atoms with van der Waals surface area (Å²) in [6.45, 7) is 10.7. The van der Waals surface area contributed by atoms with Gasteiger partial charge in [0.15, 0.2) is 12.2 Å². The molecule has 0 N–H and O–H groups in total. The third-order valence-electron chi connectivity index (χ3n) is 13.3. The van der Waals surface area contributed by atoms with Gasteiger partial charge in [0.2, 0.25) is 0 Å². The largest absolute Gasteiger partial charge is 0.494 e. The van der Waals surface area contributed by atoms with Crippen LogP contribution in [0.4, 0.5) is 0 Å². The molecular weight excluding hydrogens is 777 g/mol. The van der Waals surface area contributed by atoms with Crippen molar-refractivity contribution in [1.29, 1.82) is 0 Å². The minimum absolute atomic E-state index is 0.0867. The summed E-state index contributed by atoms with van der Waals surface area (Å²) in [5, 5.41) is 0. The Morgan fingerprint density at radius 3 is 1.08 bits per heavy atom. The van der Waals surface area contributed by atoms with Crippen LogP contribution < -0.4 is 9.47 Å². The first-order chi connectivity index (χ1) is 30.4. The van der Waals surface area contributed by atoms with Crippen molar-refractivity contribution in [3.05, 3.63) is 59.7 Å². The Hall–Kier alpha value is -3.10. The number of carbonyl (C=O) groups excluding carboxylic acids is 2. The van der Waals surface area contributed by atoms with Gasteiger partial charge in [-0.15, -0.1) is 0 Å². The molecule has 8 heteroatoms. The van der Waals surface area contributed by atoms with E-state index in [2.05, 4.69) is 13.8 Å². The molecule has 2 aromatic rings. The second kappa shape index (κ2) is 31.7. The van der Waals surface area contributed by atoms with Crippen molar-refractivity contribution >= 4 is 11.9 Å². The molecular formula is C54H86O8. The molecule has 2 aromatic carbocycles. The summed E-state index contributed by atoms with van der Waals surface area (Å²) in [6.07, 6.45) is 27.1. The van der Waals surface area contributed by atoms with E-state index >= 15 is 0 Å². The number of benzene rings is 2. The summed E-state index contributed by atoms with van der Waals surface area (Å²) < 4.78 is 35.9. The van der Waals surface area contributed by atoms with E-state index in [0.717, 1.165) is 72.0 Å². The minimum Gasteiger partial charge on any atom is -0.494 e. The van der Waals surface area contributed by atoms with Crippen LogP contribution in [0.3, 0.4) is 0 Å². The maximum atomic E-state index is 13.6. The lowest BCUT2D eigenvalue weighted by molar-refractivity contribution is -0.186. The zero-order valence-corrected chi connectivity index (χ0v) is 39.6. The molecule has 0 saturated heterocycles. The third-order valence-corrected chi connectivity index (χ3v) is 13.3. The van der Waals surface area contributed by atoms with Crippen molar-refractivity contribution in [3.63, 3.8) is 0 Å². The van der Waals surface area contributed by atoms with Gasteiger partial charge in [0.05, 0.1) is 39.6 Å². The topological polar surface area (TPSA) is 89.5 Å². The lowest BCUT2D eigenvalue weighted by atomic mass is 9.78. The summed E-state index contributed by atoms with van der Waals surface area (Å²) >= 11 is 0. The van der Waals surface area contributed by atoms with Crippen LogP contribution in [0.2, 0.25) is 0 Å². The van der Waals surface area contributed by atoms with Crippen LogP contribution in [-0.4, -0.2) is 50.6 Å². The van der Waals surface area contributed by atoms with Crippen LogP contribution in [0.5, 0.6) is 11.5 Å². The third kappa shape index (κ3) is 20.6. The molecule has 0 unspecified atom stereocenters. The molecule has 0 aromatic heterocycles. The van der Waals surface area contributed by atoms with Gasteiger partial charge in [0, 0.05) is 0 Å². The number of rotatable bonds is 33. The number of unbranched alkanes of at least 4 members (excludes halogenated alkanes) is 6. The highest BCUT2D eigenvalue weighted by Crippen LogP contribution is 2.35. The molecule has 4 rings (SSSR count). The molecule has 2 fully saturated rings. The first kappa shape index (κ1) is 51.5. The van der Waals surface area contributed by atoms with E-state index in [1.54, 1.807) is 0 Å². The first-order valence-corrected chi connectivity index (χ1v) is 25.4. The van der Waals surface area contributed by atoms with Gasteiger partial charge in [-0.1, -0.05) is 168 Å². The lowest BCUT2D eigenvalue weighted by Crippen LogP contribution is -2.45. The SMILES string of the molecule is CCCCCC1CCC(CCCOc2ccc(CO[C@@H](C(=O)OCCCC)[C@@H](OCc3ccc(OCCCC4CCC(CCCCC)CC4)cc3)C(=O)OCCCC)cc2)CC1. The van der Waals surface area contributed by atoms with E-state index in [-0.39, 0.29) is 26.4 Å². The first-order valence-electron chi connectivity index (χ1n) is 25.4. The number of carbonyl (C=O) groups is 2. The van der Waals surface area contributed by atoms with Crippen molar-refractivity contribution in [1.82, 2.24) is 0 Å². The quantitative estimate of drug-likeness (QED) is 0.0518. The number of hydrogen-bond donors (Lipinski definition) is 0. The van der Waals surface area contributed by atoms with Crippen molar-refractivity contribution in [3.8, 4) is 11.5 Å². The van der Waals surface area contributed by atoms with Gasteiger partial charge in [-0.05, 0) is 97.6 Å². The number of esters is 2. The molecule has 2 saturated carbocycles. The van der Waals surface area contributed by atoms with Gasteiger partial charge in [0.25, 0.3) is 0 Å². The fourth-order valence-electron chi connectivity index (χ4n) is 9.20. The Labute approximate surface area is 377 Å².